The van der Waals surface area contributed by atoms with Gasteiger partial charge in [0.2, 0.25) is 0 Å². The predicted molar refractivity (Wildman–Crippen MR) is 51.6 cm³/mol. The average molecular weight is 196 g/mol. The Balaban J connectivity index is 2.04. The zero-order valence-electron chi connectivity index (χ0n) is 8.22. The molecular weight excluding hydrogens is 180 g/mol. The molecule has 1 aliphatic heterocycles. The van der Waals surface area contributed by atoms with Crippen LogP contribution in [0.5, 0.6) is 0 Å². The SMILES string of the molecule is NCC1(Cn2ccnn2)CCOCC1. The van der Waals surface area contributed by atoms with Crippen molar-refractivity contribution >= 4 is 0 Å². The van der Waals surface area contributed by atoms with Gasteiger partial charge in [0, 0.05) is 31.4 Å². The molecule has 1 fully saturated rings. The van der Waals surface area contributed by atoms with E-state index in [2.05, 4.69) is 10.3 Å². The second-order valence-electron chi connectivity index (χ2n) is 3.92. The lowest BCUT2D eigenvalue weighted by atomic mass is 9.80. The summed E-state index contributed by atoms with van der Waals surface area (Å²) in [6, 6.07) is 0. The molecule has 2 N–H and O–H groups in total. The van der Waals surface area contributed by atoms with Gasteiger partial charge in [-0.15, -0.1) is 5.10 Å². The smallest absolute Gasteiger partial charge is 0.0692 e. The van der Waals surface area contributed by atoms with Crippen molar-refractivity contribution in [3.63, 3.8) is 0 Å². The fourth-order valence-corrected chi connectivity index (χ4v) is 1.89. The molecule has 0 spiro atoms. The third-order valence-electron chi connectivity index (χ3n) is 2.96. The maximum atomic E-state index is 5.84. The van der Waals surface area contributed by atoms with Crippen LogP contribution in [0.4, 0.5) is 0 Å². The van der Waals surface area contributed by atoms with Gasteiger partial charge in [0.05, 0.1) is 6.20 Å². The first kappa shape index (κ1) is 9.61. The summed E-state index contributed by atoms with van der Waals surface area (Å²) in [5.41, 5.74) is 6.00. The molecule has 1 aromatic heterocycles. The maximum absolute atomic E-state index is 5.84. The minimum atomic E-state index is 0.159. The fraction of sp³-hybridized carbons (Fsp3) is 0.778. The number of ether oxygens (including phenoxy) is 1. The number of nitrogens with zero attached hydrogens (tertiary/aromatic N) is 3. The first-order valence-corrected chi connectivity index (χ1v) is 4.97. The van der Waals surface area contributed by atoms with Crippen LogP contribution < -0.4 is 5.73 Å². The third kappa shape index (κ3) is 1.93. The van der Waals surface area contributed by atoms with Crippen molar-refractivity contribution in [2.24, 2.45) is 11.1 Å². The highest BCUT2D eigenvalue weighted by molar-refractivity contribution is 4.83. The first-order valence-electron chi connectivity index (χ1n) is 4.97. The minimum Gasteiger partial charge on any atom is -0.381 e. The summed E-state index contributed by atoms with van der Waals surface area (Å²) in [6.07, 6.45) is 5.61. The van der Waals surface area contributed by atoms with Gasteiger partial charge in [-0.2, -0.15) is 0 Å². The van der Waals surface area contributed by atoms with E-state index in [1.54, 1.807) is 6.20 Å². The highest BCUT2D eigenvalue weighted by Gasteiger charge is 2.31. The summed E-state index contributed by atoms with van der Waals surface area (Å²) in [5, 5.41) is 7.77. The Bertz CT molecular complexity index is 266. The molecule has 1 saturated heterocycles. The molecule has 0 bridgehead atoms. The lowest BCUT2D eigenvalue weighted by Crippen LogP contribution is -2.40. The van der Waals surface area contributed by atoms with E-state index in [0.29, 0.717) is 6.54 Å². The van der Waals surface area contributed by atoms with Gasteiger partial charge in [-0.25, -0.2) is 0 Å². The summed E-state index contributed by atoms with van der Waals surface area (Å²) in [5.74, 6) is 0. The molecule has 0 saturated carbocycles. The van der Waals surface area contributed by atoms with E-state index in [-0.39, 0.29) is 5.41 Å². The minimum absolute atomic E-state index is 0.159. The lowest BCUT2D eigenvalue weighted by molar-refractivity contribution is 0.00834. The molecule has 1 aliphatic rings. The standard InChI is InChI=1S/C9H16N4O/c10-7-9(1-5-14-6-2-9)8-13-4-3-11-12-13/h3-4H,1-2,5-8,10H2. The predicted octanol–water partition coefficient (Wildman–Crippen LogP) is 0.0336. The molecule has 0 amide bonds. The Kier molecular flexibility index (Phi) is 2.79. The maximum Gasteiger partial charge on any atom is 0.0692 e. The summed E-state index contributed by atoms with van der Waals surface area (Å²) in [6.45, 7) is 3.17. The van der Waals surface area contributed by atoms with Gasteiger partial charge < -0.3 is 10.5 Å². The van der Waals surface area contributed by atoms with Gasteiger partial charge >= 0.3 is 0 Å². The van der Waals surface area contributed by atoms with E-state index in [9.17, 15) is 0 Å². The number of nitrogens with two attached hydrogens (primary N) is 1. The van der Waals surface area contributed by atoms with Crippen LogP contribution in [-0.2, 0) is 11.3 Å². The zero-order chi connectivity index (χ0) is 9.86. The van der Waals surface area contributed by atoms with Crippen molar-refractivity contribution in [2.45, 2.75) is 19.4 Å². The van der Waals surface area contributed by atoms with Crippen molar-refractivity contribution < 1.29 is 4.74 Å². The topological polar surface area (TPSA) is 66.0 Å². The second-order valence-corrected chi connectivity index (χ2v) is 3.92. The van der Waals surface area contributed by atoms with Crippen LogP contribution in [0.1, 0.15) is 12.8 Å². The van der Waals surface area contributed by atoms with Crippen molar-refractivity contribution in [1.29, 1.82) is 0 Å². The van der Waals surface area contributed by atoms with E-state index in [0.717, 1.165) is 32.6 Å². The van der Waals surface area contributed by atoms with Gasteiger partial charge in [0.15, 0.2) is 0 Å². The summed E-state index contributed by atoms with van der Waals surface area (Å²) >= 11 is 0. The Morgan fingerprint density at radius 2 is 2.21 bits per heavy atom. The Morgan fingerprint density at radius 1 is 1.43 bits per heavy atom. The highest BCUT2D eigenvalue weighted by Crippen LogP contribution is 2.30. The summed E-state index contributed by atoms with van der Waals surface area (Å²) in [4.78, 5) is 0. The fourth-order valence-electron chi connectivity index (χ4n) is 1.89. The van der Waals surface area contributed by atoms with Gasteiger partial charge in [-0.1, -0.05) is 5.21 Å². The van der Waals surface area contributed by atoms with Crippen molar-refractivity contribution in [2.75, 3.05) is 19.8 Å². The van der Waals surface area contributed by atoms with E-state index < -0.39 is 0 Å². The van der Waals surface area contributed by atoms with Crippen LogP contribution in [0.3, 0.4) is 0 Å². The monoisotopic (exact) mass is 196 g/mol. The molecule has 0 unspecified atom stereocenters. The highest BCUT2D eigenvalue weighted by atomic mass is 16.5. The molecule has 1 aromatic rings. The molecule has 14 heavy (non-hydrogen) atoms. The number of hydrogen-bond donors (Lipinski definition) is 1. The second kappa shape index (κ2) is 4.06. The van der Waals surface area contributed by atoms with Crippen LogP contribution in [0.2, 0.25) is 0 Å². The normalized spacial score (nSPS) is 20.9. The largest absolute Gasteiger partial charge is 0.381 e. The average Bonchev–Trinajstić information content (AvgIpc) is 2.72. The Morgan fingerprint density at radius 3 is 2.79 bits per heavy atom. The molecule has 5 heteroatoms. The van der Waals surface area contributed by atoms with Gasteiger partial charge in [-0.05, 0) is 19.4 Å². The third-order valence-corrected chi connectivity index (χ3v) is 2.96. The van der Waals surface area contributed by atoms with Crippen LogP contribution in [0, 0.1) is 5.41 Å². The first-order chi connectivity index (χ1) is 6.85. The quantitative estimate of drug-likeness (QED) is 0.741. The molecule has 0 aromatic carbocycles. The van der Waals surface area contributed by atoms with Crippen molar-refractivity contribution in [1.82, 2.24) is 15.0 Å². The van der Waals surface area contributed by atoms with Crippen molar-refractivity contribution in [3.05, 3.63) is 12.4 Å². The van der Waals surface area contributed by atoms with E-state index in [1.165, 1.54) is 0 Å². The van der Waals surface area contributed by atoms with Crippen LogP contribution >= 0.6 is 0 Å². The molecule has 2 rings (SSSR count). The van der Waals surface area contributed by atoms with E-state index in [4.69, 9.17) is 10.5 Å². The molecule has 78 valence electrons. The molecular formula is C9H16N4O. The van der Waals surface area contributed by atoms with Gasteiger partial charge in [0.25, 0.3) is 0 Å². The van der Waals surface area contributed by atoms with Gasteiger partial charge in [-0.3, -0.25) is 4.68 Å². The number of rotatable bonds is 3. The Hall–Kier alpha value is -0.940. The van der Waals surface area contributed by atoms with Gasteiger partial charge in [0.1, 0.15) is 0 Å². The molecule has 0 aliphatic carbocycles. The molecule has 0 radical (unpaired) electrons. The van der Waals surface area contributed by atoms with Crippen LogP contribution in [-0.4, -0.2) is 34.8 Å². The lowest BCUT2D eigenvalue weighted by Gasteiger charge is -2.35. The van der Waals surface area contributed by atoms with Crippen molar-refractivity contribution in [3.8, 4) is 0 Å². The molecule has 0 atom stereocenters. The number of hydrogen-bond acceptors (Lipinski definition) is 4. The molecule has 5 nitrogen and oxygen atoms in total. The summed E-state index contributed by atoms with van der Waals surface area (Å²) in [7, 11) is 0. The molecule has 2 heterocycles. The zero-order valence-corrected chi connectivity index (χ0v) is 8.22. The summed E-state index contributed by atoms with van der Waals surface area (Å²) < 4.78 is 7.20. The van der Waals surface area contributed by atoms with E-state index in [1.807, 2.05) is 10.9 Å². The Labute approximate surface area is 83.2 Å². The number of aromatic nitrogens is 3. The van der Waals surface area contributed by atoms with E-state index >= 15 is 0 Å². The van der Waals surface area contributed by atoms with Crippen LogP contribution in [0.15, 0.2) is 12.4 Å². The van der Waals surface area contributed by atoms with Crippen LogP contribution in [0.25, 0.3) is 0 Å².